The van der Waals surface area contributed by atoms with Gasteiger partial charge in [0, 0.05) is 13.0 Å². The van der Waals surface area contributed by atoms with Crippen LogP contribution in [-0.4, -0.2) is 118 Å². The lowest BCUT2D eigenvalue weighted by atomic mass is 9.43. The van der Waals surface area contributed by atoms with Crippen molar-refractivity contribution in [2.75, 3.05) is 6.54 Å². The van der Waals surface area contributed by atoms with E-state index in [9.17, 15) is 38.7 Å². The van der Waals surface area contributed by atoms with Crippen LogP contribution in [0.5, 0.6) is 0 Å². The number of aliphatic carboxylic acids is 2. The molecule has 2 aliphatic heterocycles. The Hall–Kier alpha value is -3.77. The number of carbonyl (C=O) groups is 7. The Morgan fingerprint density at radius 1 is 0.831 bits per heavy atom. The fourth-order valence-corrected chi connectivity index (χ4v) is 9.54. The van der Waals surface area contributed by atoms with Crippen LogP contribution >= 0.6 is 0 Å². The zero-order valence-electron chi connectivity index (χ0n) is 36.2. The van der Waals surface area contributed by atoms with Gasteiger partial charge in [0.05, 0.1) is 30.1 Å². The first-order chi connectivity index (χ1) is 27.6. The van der Waals surface area contributed by atoms with Gasteiger partial charge in [0.1, 0.15) is 24.2 Å². The van der Waals surface area contributed by atoms with Crippen LogP contribution in [0, 0.1) is 29.1 Å². The second-order valence-electron chi connectivity index (χ2n) is 18.6. The topological polar surface area (TPSA) is 256 Å². The number of likely N-dealkylation sites (tertiary alicyclic amines) is 1. The molecule has 10 atom stereocenters. The third-order valence-corrected chi connectivity index (χ3v) is 13.3. The van der Waals surface area contributed by atoms with Crippen molar-refractivity contribution in [3.63, 3.8) is 0 Å². The molecule has 17 nitrogen and oxygen atoms in total. The summed E-state index contributed by atoms with van der Waals surface area (Å²) in [6.07, 6.45) is 6.12. The van der Waals surface area contributed by atoms with Crippen LogP contribution in [0.4, 0.5) is 0 Å². The van der Waals surface area contributed by atoms with Crippen LogP contribution < -0.4 is 27.0 Å². The summed E-state index contributed by atoms with van der Waals surface area (Å²) in [6, 6.07) is -6.00. The van der Waals surface area contributed by atoms with E-state index in [2.05, 4.69) is 49.0 Å². The molecule has 3 aliphatic carbocycles. The zero-order valence-corrected chi connectivity index (χ0v) is 36.2. The predicted octanol–water partition coefficient (Wildman–Crippen LogP) is 2.13. The van der Waals surface area contributed by atoms with Gasteiger partial charge in [-0.15, -0.1) is 0 Å². The quantitative estimate of drug-likeness (QED) is 0.0612. The number of carboxylic acid groups (broad SMARTS) is 2. The molecule has 59 heavy (non-hydrogen) atoms. The SMILES string of the molecule is CCCCCC[C@H](NC(=O)[C@@H]1CCCN1C(=O)[C@@H](NC(=O)[C@@H](NC(=O)[C@H](CCC(=O)O)NC(=O)[C@@H](N)CC(=O)O)C(C)C)C(C)C)B1O[C@H]2C[C@@H]3C[C@@H](C3(C)C)[C@@]2(C)O1. The minimum absolute atomic E-state index is 0.0461. The lowest BCUT2D eigenvalue weighted by molar-refractivity contribution is -0.199. The van der Waals surface area contributed by atoms with Gasteiger partial charge in [-0.05, 0) is 74.5 Å². The summed E-state index contributed by atoms with van der Waals surface area (Å²) in [4.78, 5) is 92.4. The number of nitrogens with zero attached hydrogens (tertiary/aromatic N) is 1. The maximum atomic E-state index is 14.3. The average molecular weight is 833 g/mol. The first-order valence-corrected chi connectivity index (χ1v) is 21.7. The van der Waals surface area contributed by atoms with Crippen molar-refractivity contribution < 1.29 is 53.1 Å². The summed E-state index contributed by atoms with van der Waals surface area (Å²) in [5, 5.41) is 29.2. The molecule has 0 spiro atoms. The molecular formula is C41H69BN6O11. The van der Waals surface area contributed by atoms with Gasteiger partial charge in [0.25, 0.3) is 0 Å². The lowest BCUT2D eigenvalue weighted by Gasteiger charge is -2.64. The van der Waals surface area contributed by atoms with Crippen LogP contribution in [-0.2, 0) is 42.9 Å². The average Bonchev–Trinajstić information content (AvgIpc) is 3.79. The molecule has 5 amide bonds. The van der Waals surface area contributed by atoms with Gasteiger partial charge in [-0.1, -0.05) is 74.1 Å². The van der Waals surface area contributed by atoms with Crippen LogP contribution in [0.3, 0.4) is 0 Å². The van der Waals surface area contributed by atoms with E-state index in [0.29, 0.717) is 37.6 Å². The van der Waals surface area contributed by atoms with E-state index in [-0.39, 0.29) is 23.8 Å². The fourth-order valence-electron chi connectivity index (χ4n) is 9.54. The summed E-state index contributed by atoms with van der Waals surface area (Å²) in [6.45, 7) is 16.1. The lowest BCUT2D eigenvalue weighted by Crippen LogP contribution is -2.65. The molecule has 0 aromatic rings. The number of nitrogens with two attached hydrogens (primary N) is 1. The van der Waals surface area contributed by atoms with Gasteiger partial charge in [-0.3, -0.25) is 33.6 Å². The smallest absolute Gasteiger partial charge is 0.481 e. The van der Waals surface area contributed by atoms with E-state index >= 15 is 0 Å². The fraction of sp³-hybridized carbons (Fsp3) is 0.829. The number of hydrogen-bond donors (Lipinski definition) is 7. The van der Waals surface area contributed by atoms with Crippen molar-refractivity contribution in [3.05, 3.63) is 0 Å². The molecule has 2 saturated heterocycles. The molecule has 5 fully saturated rings. The molecule has 0 unspecified atom stereocenters. The van der Waals surface area contributed by atoms with Crippen molar-refractivity contribution in [1.82, 2.24) is 26.2 Å². The molecule has 8 N–H and O–H groups in total. The molecule has 0 aromatic carbocycles. The Morgan fingerprint density at radius 3 is 2.08 bits per heavy atom. The van der Waals surface area contributed by atoms with Crippen molar-refractivity contribution in [3.8, 4) is 0 Å². The highest BCUT2D eigenvalue weighted by Gasteiger charge is 2.68. The third-order valence-electron chi connectivity index (χ3n) is 13.3. The predicted molar refractivity (Wildman–Crippen MR) is 218 cm³/mol. The van der Waals surface area contributed by atoms with Crippen molar-refractivity contribution in [2.24, 2.45) is 34.8 Å². The van der Waals surface area contributed by atoms with E-state index in [1.54, 1.807) is 27.7 Å². The maximum absolute atomic E-state index is 14.3. The third kappa shape index (κ3) is 11.3. The number of rotatable bonds is 22. The van der Waals surface area contributed by atoms with E-state index in [0.717, 1.165) is 38.5 Å². The van der Waals surface area contributed by atoms with Crippen molar-refractivity contribution >= 4 is 48.6 Å². The number of carbonyl (C=O) groups excluding carboxylic acids is 5. The van der Waals surface area contributed by atoms with E-state index in [4.69, 9.17) is 20.1 Å². The Morgan fingerprint density at radius 2 is 1.49 bits per heavy atom. The number of hydrogen-bond acceptors (Lipinski definition) is 10. The van der Waals surface area contributed by atoms with Gasteiger partial charge >= 0.3 is 19.1 Å². The largest absolute Gasteiger partial charge is 0.481 e. The van der Waals surface area contributed by atoms with Crippen LogP contribution in [0.15, 0.2) is 0 Å². The summed E-state index contributed by atoms with van der Waals surface area (Å²) >= 11 is 0. The molecule has 18 heteroatoms. The summed E-state index contributed by atoms with van der Waals surface area (Å²) in [5.41, 5.74) is 5.38. The molecule has 2 bridgehead atoms. The first kappa shape index (κ1) is 47.9. The molecule has 0 radical (unpaired) electrons. The highest BCUT2D eigenvalue weighted by molar-refractivity contribution is 6.48. The Balaban J connectivity index is 1.45. The van der Waals surface area contributed by atoms with Crippen LogP contribution in [0.25, 0.3) is 0 Å². The van der Waals surface area contributed by atoms with E-state index in [1.807, 2.05) is 0 Å². The molecule has 5 rings (SSSR count). The number of nitrogens with one attached hydrogen (secondary N) is 4. The normalized spacial score (nSPS) is 26.8. The van der Waals surface area contributed by atoms with E-state index < -0.39 is 109 Å². The number of unbranched alkanes of at least 4 members (excludes halogenated alkanes) is 3. The van der Waals surface area contributed by atoms with Gasteiger partial charge in [0.15, 0.2) is 0 Å². The zero-order chi connectivity index (χ0) is 44.0. The van der Waals surface area contributed by atoms with Gasteiger partial charge in [0.2, 0.25) is 29.5 Å². The summed E-state index contributed by atoms with van der Waals surface area (Å²) < 4.78 is 13.4. The highest BCUT2D eigenvalue weighted by Crippen LogP contribution is 2.65. The monoisotopic (exact) mass is 833 g/mol. The van der Waals surface area contributed by atoms with Gasteiger partial charge < -0.3 is 51.4 Å². The Bertz CT molecular complexity index is 1560. The standard InChI is InChI=1S/C41H69BN6O11/c1-9-10-11-12-15-30(42-58-29-20-24-19-28(40(24,6)7)41(29,8)59-42)45-37(55)27-14-13-18-48(27)39(57)34(23(4)5)47-38(56)33(22(2)3)46-36(54)26(16-17-31(49)50)44-35(53)25(43)21-32(51)52/h22-30,33-34H,9-21,43H2,1-8H3,(H,44,53)(H,45,55)(H,46,54)(H,47,56)(H,49,50)(H,51,52)/t24-,25-,26-,27-,28-,29-,30-,33-,34-,41+/m0/s1. The molecule has 3 saturated carbocycles. The van der Waals surface area contributed by atoms with Crippen LogP contribution in [0.1, 0.15) is 132 Å². The van der Waals surface area contributed by atoms with Crippen LogP contribution in [0.2, 0.25) is 0 Å². The second kappa shape index (κ2) is 20.2. The molecule has 332 valence electrons. The van der Waals surface area contributed by atoms with Gasteiger partial charge in [-0.2, -0.15) is 0 Å². The minimum Gasteiger partial charge on any atom is -0.481 e. The number of carboxylic acids is 2. The van der Waals surface area contributed by atoms with Crippen molar-refractivity contribution in [1.29, 1.82) is 0 Å². The van der Waals surface area contributed by atoms with Gasteiger partial charge in [-0.25, -0.2) is 0 Å². The molecule has 5 aliphatic rings. The highest BCUT2D eigenvalue weighted by atomic mass is 16.7. The maximum Gasteiger partial charge on any atom is 0.481 e. The molecular weight excluding hydrogens is 763 g/mol. The Kier molecular flexibility index (Phi) is 16.4. The Labute approximate surface area is 348 Å². The second-order valence-corrected chi connectivity index (χ2v) is 18.6. The van der Waals surface area contributed by atoms with E-state index in [1.165, 1.54) is 4.90 Å². The minimum atomic E-state index is -1.50. The number of amides is 5. The molecule has 2 heterocycles. The first-order valence-electron chi connectivity index (χ1n) is 21.7. The summed E-state index contributed by atoms with van der Waals surface area (Å²) in [7, 11) is -0.610. The van der Waals surface area contributed by atoms with Crippen molar-refractivity contribution in [2.45, 2.75) is 180 Å². The molecule has 0 aromatic heterocycles. The summed E-state index contributed by atoms with van der Waals surface area (Å²) in [5.74, 6) is -6.26.